The standard InChI is InChI=1S/C22H28N2O2/c1-15(2)20(23-21(25)19-13-9-7-11-17(19)4)22(26)24(5)14-18-12-8-6-10-16(18)3/h6-13,15,20H,14H2,1-5H3,(H,23,25)/t20-/m0/s1. The predicted molar refractivity (Wildman–Crippen MR) is 105 cm³/mol. The van der Waals surface area contributed by atoms with Gasteiger partial charge in [-0.05, 0) is 42.5 Å². The van der Waals surface area contributed by atoms with Crippen LogP contribution in [-0.4, -0.2) is 29.8 Å². The monoisotopic (exact) mass is 352 g/mol. The van der Waals surface area contributed by atoms with Gasteiger partial charge < -0.3 is 10.2 Å². The van der Waals surface area contributed by atoms with E-state index >= 15 is 0 Å². The minimum Gasteiger partial charge on any atom is -0.340 e. The molecule has 1 atom stereocenters. The summed E-state index contributed by atoms with van der Waals surface area (Å²) in [5.41, 5.74) is 3.76. The van der Waals surface area contributed by atoms with E-state index < -0.39 is 6.04 Å². The van der Waals surface area contributed by atoms with Crippen molar-refractivity contribution in [2.45, 2.75) is 40.3 Å². The van der Waals surface area contributed by atoms with Crippen molar-refractivity contribution in [3.8, 4) is 0 Å². The number of hydrogen-bond donors (Lipinski definition) is 1. The fraction of sp³-hybridized carbons (Fsp3) is 0.364. The molecule has 2 aromatic carbocycles. The van der Waals surface area contributed by atoms with Crippen molar-refractivity contribution >= 4 is 11.8 Å². The molecule has 0 saturated carbocycles. The van der Waals surface area contributed by atoms with Crippen molar-refractivity contribution in [3.63, 3.8) is 0 Å². The Balaban J connectivity index is 2.13. The molecule has 0 aliphatic rings. The number of nitrogens with zero attached hydrogens (tertiary/aromatic N) is 1. The summed E-state index contributed by atoms with van der Waals surface area (Å²) < 4.78 is 0. The molecule has 0 fully saturated rings. The first-order valence-corrected chi connectivity index (χ1v) is 8.97. The van der Waals surface area contributed by atoms with Crippen molar-refractivity contribution in [2.24, 2.45) is 5.92 Å². The number of hydrogen-bond acceptors (Lipinski definition) is 2. The van der Waals surface area contributed by atoms with Gasteiger partial charge in [0.05, 0.1) is 0 Å². The summed E-state index contributed by atoms with van der Waals surface area (Å²) in [5.74, 6) is -0.292. The van der Waals surface area contributed by atoms with E-state index in [2.05, 4.69) is 5.32 Å². The highest BCUT2D eigenvalue weighted by Crippen LogP contribution is 2.14. The summed E-state index contributed by atoms with van der Waals surface area (Å²) >= 11 is 0. The summed E-state index contributed by atoms with van der Waals surface area (Å²) in [5, 5.41) is 2.92. The van der Waals surface area contributed by atoms with Crippen LogP contribution in [0, 0.1) is 19.8 Å². The maximum Gasteiger partial charge on any atom is 0.252 e. The number of amides is 2. The SMILES string of the molecule is Cc1ccccc1CN(C)C(=O)[C@@H](NC(=O)c1ccccc1C)C(C)C. The fourth-order valence-electron chi connectivity index (χ4n) is 2.92. The normalized spacial score (nSPS) is 11.9. The fourth-order valence-corrected chi connectivity index (χ4v) is 2.92. The van der Waals surface area contributed by atoms with Gasteiger partial charge in [0.15, 0.2) is 0 Å². The summed E-state index contributed by atoms with van der Waals surface area (Å²) in [6.07, 6.45) is 0. The number of likely N-dealkylation sites (N-methyl/N-ethyl adjacent to an activating group) is 1. The first-order chi connectivity index (χ1) is 12.3. The van der Waals surface area contributed by atoms with Gasteiger partial charge in [0, 0.05) is 19.2 Å². The van der Waals surface area contributed by atoms with Crippen LogP contribution >= 0.6 is 0 Å². The highest BCUT2D eigenvalue weighted by molar-refractivity contribution is 5.98. The van der Waals surface area contributed by atoms with Gasteiger partial charge in [-0.2, -0.15) is 0 Å². The second-order valence-corrected chi connectivity index (χ2v) is 7.13. The van der Waals surface area contributed by atoms with E-state index in [1.807, 2.05) is 70.2 Å². The molecule has 4 heteroatoms. The van der Waals surface area contributed by atoms with E-state index in [1.54, 1.807) is 18.0 Å². The summed E-state index contributed by atoms with van der Waals surface area (Å²) in [4.78, 5) is 27.3. The number of benzene rings is 2. The first kappa shape index (κ1) is 19.7. The van der Waals surface area contributed by atoms with E-state index in [-0.39, 0.29) is 17.7 Å². The molecule has 26 heavy (non-hydrogen) atoms. The minimum absolute atomic E-state index is 0.00483. The summed E-state index contributed by atoms with van der Waals surface area (Å²) in [6.45, 7) is 8.35. The molecule has 138 valence electrons. The van der Waals surface area contributed by atoms with Crippen LogP contribution in [0.3, 0.4) is 0 Å². The molecule has 2 aromatic rings. The maximum atomic E-state index is 13.0. The molecule has 0 radical (unpaired) electrons. The number of carbonyl (C=O) groups is 2. The third-order valence-corrected chi connectivity index (χ3v) is 4.65. The third kappa shape index (κ3) is 4.72. The second kappa shape index (κ2) is 8.65. The van der Waals surface area contributed by atoms with E-state index in [0.29, 0.717) is 12.1 Å². The maximum absolute atomic E-state index is 13.0. The Morgan fingerprint density at radius 2 is 1.54 bits per heavy atom. The Labute approximate surface area is 156 Å². The third-order valence-electron chi connectivity index (χ3n) is 4.65. The van der Waals surface area contributed by atoms with Crippen molar-refractivity contribution in [3.05, 3.63) is 70.8 Å². The van der Waals surface area contributed by atoms with Gasteiger partial charge in [-0.3, -0.25) is 9.59 Å². The number of aryl methyl sites for hydroxylation is 2. The lowest BCUT2D eigenvalue weighted by molar-refractivity contribution is -0.133. The topological polar surface area (TPSA) is 49.4 Å². The number of rotatable bonds is 6. The van der Waals surface area contributed by atoms with Crippen LogP contribution in [0.2, 0.25) is 0 Å². The Hall–Kier alpha value is -2.62. The highest BCUT2D eigenvalue weighted by atomic mass is 16.2. The molecular formula is C22H28N2O2. The first-order valence-electron chi connectivity index (χ1n) is 8.97. The minimum atomic E-state index is -0.559. The molecule has 0 bridgehead atoms. The van der Waals surface area contributed by atoms with Gasteiger partial charge in [-0.1, -0.05) is 56.3 Å². The van der Waals surface area contributed by atoms with Gasteiger partial charge in [0.2, 0.25) is 5.91 Å². The van der Waals surface area contributed by atoms with Crippen LogP contribution < -0.4 is 5.32 Å². The molecule has 0 unspecified atom stereocenters. The van der Waals surface area contributed by atoms with Crippen LogP contribution in [0.5, 0.6) is 0 Å². The van der Waals surface area contributed by atoms with Gasteiger partial charge >= 0.3 is 0 Å². The number of nitrogens with one attached hydrogen (secondary N) is 1. The quantitative estimate of drug-likeness (QED) is 0.861. The zero-order valence-corrected chi connectivity index (χ0v) is 16.2. The van der Waals surface area contributed by atoms with Crippen LogP contribution in [0.25, 0.3) is 0 Å². The lowest BCUT2D eigenvalue weighted by Gasteiger charge is -2.27. The molecule has 0 heterocycles. The van der Waals surface area contributed by atoms with Crippen LogP contribution in [0.15, 0.2) is 48.5 Å². The molecule has 0 saturated heterocycles. The highest BCUT2D eigenvalue weighted by Gasteiger charge is 2.27. The molecule has 1 N–H and O–H groups in total. The van der Waals surface area contributed by atoms with Crippen molar-refractivity contribution < 1.29 is 9.59 Å². The van der Waals surface area contributed by atoms with E-state index in [1.165, 1.54) is 0 Å². The lowest BCUT2D eigenvalue weighted by Crippen LogP contribution is -2.50. The van der Waals surface area contributed by atoms with Crippen molar-refractivity contribution in [1.82, 2.24) is 10.2 Å². The zero-order chi connectivity index (χ0) is 19.3. The lowest BCUT2D eigenvalue weighted by atomic mass is 10.0. The zero-order valence-electron chi connectivity index (χ0n) is 16.2. The van der Waals surface area contributed by atoms with Crippen LogP contribution in [0.1, 0.15) is 40.9 Å². The molecule has 0 aliphatic heterocycles. The average Bonchev–Trinajstić information content (AvgIpc) is 2.61. The summed E-state index contributed by atoms with van der Waals surface area (Å²) in [6, 6.07) is 14.9. The Morgan fingerprint density at radius 3 is 2.12 bits per heavy atom. The van der Waals surface area contributed by atoms with Gasteiger partial charge in [0.25, 0.3) is 5.91 Å². The molecule has 0 spiro atoms. The molecule has 2 amide bonds. The molecule has 2 rings (SSSR count). The Bertz CT molecular complexity index is 783. The van der Waals surface area contributed by atoms with Crippen molar-refractivity contribution in [2.75, 3.05) is 7.05 Å². The van der Waals surface area contributed by atoms with E-state index in [4.69, 9.17) is 0 Å². The van der Waals surface area contributed by atoms with E-state index in [0.717, 1.165) is 16.7 Å². The van der Waals surface area contributed by atoms with Gasteiger partial charge in [0.1, 0.15) is 6.04 Å². The van der Waals surface area contributed by atoms with E-state index in [9.17, 15) is 9.59 Å². The molecule has 4 nitrogen and oxygen atoms in total. The predicted octanol–water partition coefficient (Wildman–Crippen LogP) is 3.72. The molecule has 0 aliphatic carbocycles. The Kier molecular flexibility index (Phi) is 6.56. The smallest absolute Gasteiger partial charge is 0.252 e. The van der Waals surface area contributed by atoms with Crippen LogP contribution in [0.4, 0.5) is 0 Å². The van der Waals surface area contributed by atoms with Gasteiger partial charge in [-0.15, -0.1) is 0 Å². The van der Waals surface area contributed by atoms with Crippen molar-refractivity contribution in [1.29, 1.82) is 0 Å². The number of carbonyl (C=O) groups excluding carboxylic acids is 2. The van der Waals surface area contributed by atoms with Gasteiger partial charge in [-0.25, -0.2) is 0 Å². The molecular weight excluding hydrogens is 324 g/mol. The largest absolute Gasteiger partial charge is 0.340 e. The second-order valence-electron chi connectivity index (χ2n) is 7.13. The van der Waals surface area contributed by atoms with Crippen LogP contribution in [-0.2, 0) is 11.3 Å². The summed E-state index contributed by atoms with van der Waals surface area (Å²) in [7, 11) is 1.78. The molecule has 0 aromatic heterocycles. The Morgan fingerprint density at radius 1 is 0.962 bits per heavy atom. The average molecular weight is 352 g/mol.